The highest BCUT2D eigenvalue weighted by molar-refractivity contribution is 7.91. The molecule has 5 rings (SSSR count). The van der Waals surface area contributed by atoms with Crippen molar-refractivity contribution in [2.45, 2.75) is 24.0 Å². The normalized spacial score (nSPS) is 15.9. The molecule has 1 aliphatic rings. The molecule has 0 radical (unpaired) electrons. The van der Waals surface area contributed by atoms with E-state index in [-0.39, 0.29) is 11.8 Å². The molecule has 32 heavy (non-hydrogen) atoms. The number of nitrogens with one attached hydrogen (secondary N) is 1. The van der Waals surface area contributed by atoms with Gasteiger partial charge in [0, 0.05) is 25.1 Å². The number of hydrogen-bond donors (Lipinski definition) is 1. The summed E-state index contributed by atoms with van der Waals surface area (Å²) in [6.45, 7) is 2.52. The Morgan fingerprint density at radius 2 is 1.94 bits per heavy atom. The first-order valence-corrected chi connectivity index (χ1v) is 13.3. The predicted octanol–water partition coefficient (Wildman–Crippen LogP) is 3.89. The van der Waals surface area contributed by atoms with Gasteiger partial charge < -0.3 is 5.32 Å². The van der Waals surface area contributed by atoms with Gasteiger partial charge in [0.25, 0.3) is 10.0 Å². The standard InChI is InChI=1S/C21H21N5O3S3/c1-14-13-18(26(24-14)21-22-16-5-2-3-6-17(16)31-21)23-20(27)15-8-10-25(11-9-15)32(28,29)19-7-4-12-30-19/h2-7,12-13,15H,8-11H2,1H3,(H,23,27). The van der Waals surface area contributed by atoms with E-state index in [1.165, 1.54) is 27.0 Å². The molecule has 0 saturated carbocycles. The molecule has 0 atom stereocenters. The number of benzene rings is 1. The van der Waals surface area contributed by atoms with E-state index in [9.17, 15) is 13.2 Å². The maximum absolute atomic E-state index is 13.0. The third-order valence-electron chi connectivity index (χ3n) is 5.46. The number of thiazole rings is 1. The molecule has 1 aliphatic heterocycles. The highest BCUT2D eigenvalue weighted by atomic mass is 32.2. The van der Waals surface area contributed by atoms with Crippen molar-refractivity contribution in [1.29, 1.82) is 0 Å². The lowest BCUT2D eigenvalue weighted by molar-refractivity contribution is -0.120. The Balaban J connectivity index is 1.29. The maximum Gasteiger partial charge on any atom is 0.252 e. The van der Waals surface area contributed by atoms with Crippen molar-refractivity contribution in [1.82, 2.24) is 19.1 Å². The number of para-hydroxylation sites is 1. The number of aryl methyl sites for hydroxylation is 1. The van der Waals surface area contributed by atoms with Crippen LogP contribution in [0.1, 0.15) is 18.5 Å². The van der Waals surface area contributed by atoms with Crippen LogP contribution in [0.15, 0.2) is 52.1 Å². The summed E-state index contributed by atoms with van der Waals surface area (Å²) in [5.74, 6) is 0.185. The number of thiophene rings is 1. The number of carbonyl (C=O) groups is 1. The number of fused-ring (bicyclic) bond motifs is 1. The van der Waals surface area contributed by atoms with Gasteiger partial charge in [-0.05, 0) is 43.3 Å². The highest BCUT2D eigenvalue weighted by Crippen LogP contribution is 2.29. The Bertz CT molecular complexity index is 1330. The van der Waals surface area contributed by atoms with Gasteiger partial charge in [0.1, 0.15) is 10.0 Å². The first kappa shape index (κ1) is 21.3. The average molecular weight is 488 g/mol. The molecular formula is C21H21N5O3S3. The van der Waals surface area contributed by atoms with Gasteiger partial charge in [-0.25, -0.2) is 13.4 Å². The van der Waals surface area contributed by atoms with Crippen LogP contribution in [0.4, 0.5) is 5.82 Å². The van der Waals surface area contributed by atoms with Crippen molar-refractivity contribution in [3.63, 3.8) is 0 Å². The van der Waals surface area contributed by atoms with Gasteiger partial charge in [0.2, 0.25) is 11.0 Å². The van der Waals surface area contributed by atoms with E-state index in [1.807, 2.05) is 37.3 Å². The number of carbonyl (C=O) groups excluding carboxylic acids is 1. The second-order valence-corrected chi connectivity index (χ2v) is 11.8. The lowest BCUT2D eigenvalue weighted by Gasteiger charge is -2.30. The fourth-order valence-electron chi connectivity index (χ4n) is 3.81. The molecule has 1 aromatic carbocycles. The van der Waals surface area contributed by atoms with Crippen LogP contribution in [0, 0.1) is 12.8 Å². The van der Waals surface area contributed by atoms with Crippen LogP contribution < -0.4 is 5.32 Å². The minimum Gasteiger partial charge on any atom is -0.310 e. The van der Waals surface area contributed by atoms with Crippen molar-refractivity contribution in [2.75, 3.05) is 18.4 Å². The van der Waals surface area contributed by atoms with E-state index < -0.39 is 10.0 Å². The van der Waals surface area contributed by atoms with Crippen LogP contribution in [-0.2, 0) is 14.8 Å². The number of sulfonamides is 1. The lowest BCUT2D eigenvalue weighted by Crippen LogP contribution is -2.41. The summed E-state index contributed by atoms with van der Waals surface area (Å²) < 4.78 is 29.9. The number of piperidine rings is 1. The minimum atomic E-state index is -3.48. The number of aromatic nitrogens is 3. The number of rotatable bonds is 5. The highest BCUT2D eigenvalue weighted by Gasteiger charge is 2.33. The van der Waals surface area contributed by atoms with E-state index in [4.69, 9.17) is 0 Å². The Morgan fingerprint density at radius 1 is 1.16 bits per heavy atom. The maximum atomic E-state index is 13.0. The second-order valence-electron chi connectivity index (χ2n) is 7.65. The topological polar surface area (TPSA) is 97.2 Å². The van der Waals surface area contributed by atoms with Gasteiger partial charge >= 0.3 is 0 Å². The van der Waals surface area contributed by atoms with Crippen LogP contribution >= 0.6 is 22.7 Å². The molecule has 166 valence electrons. The summed E-state index contributed by atoms with van der Waals surface area (Å²) in [5.41, 5.74) is 1.66. The smallest absolute Gasteiger partial charge is 0.252 e. The van der Waals surface area contributed by atoms with Gasteiger partial charge in [0.15, 0.2) is 0 Å². The SMILES string of the molecule is Cc1cc(NC(=O)C2CCN(S(=O)(=O)c3cccs3)CC2)n(-c2nc3ccccc3s2)n1. The molecule has 0 bridgehead atoms. The molecule has 0 aliphatic carbocycles. The third kappa shape index (κ3) is 3.96. The van der Waals surface area contributed by atoms with Crippen molar-refractivity contribution >= 4 is 54.6 Å². The monoisotopic (exact) mass is 487 g/mol. The summed E-state index contributed by atoms with van der Waals surface area (Å²) in [7, 11) is -3.48. The van der Waals surface area contributed by atoms with E-state index in [0.717, 1.165) is 15.9 Å². The Hall–Kier alpha value is -2.60. The van der Waals surface area contributed by atoms with Gasteiger partial charge in [-0.2, -0.15) is 14.1 Å². The Kier molecular flexibility index (Phi) is 5.58. The molecule has 1 fully saturated rings. The fraction of sp³-hybridized carbons (Fsp3) is 0.286. The zero-order valence-corrected chi connectivity index (χ0v) is 19.7. The van der Waals surface area contributed by atoms with Gasteiger partial charge in [-0.3, -0.25) is 4.79 Å². The Labute approximate surface area is 193 Å². The summed E-state index contributed by atoms with van der Waals surface area (Å²) in [4.78, 5) is 17.6. The molecule has 4 heterocycles. The van der Waals surface area contributed by atoms with Crippen LogP contribution in [0.3, 0.4) is 0 Å². The van der Waals surface area contributed by atoms with Crippen molar-refractivity contribution in [2.24, 2.45) is 5.92 Å². The quantitative estimate of drug-likeness (QED) is 0.461. The first-order valence-electron chi connectivity index (χ1n) is 10.2. The molecule has 1 N–H and O–H groups in total. The molecule has 1 saturated heterocycles. The Morgan fingerprint density at radius 3 is 2.66 bits per heavy atom. The molecule has 0 unspecified atom stereocenters. The molecule has 1 amide bonds. The number of anilines is 1. The van der Waals surface area contributed by atoms with E-state index >= 15 is 0 Å². The predicted molar refractivity (Wildman–Crippen MR) is 126 cm³/mol. The first-order chi connectivity index (χ1) is 15.4. The lowest BCUT2D eigenvalue weighted by atomic mass is 9.97. The fourth-order valence-corrected chi connectivity index (χ4v) is 7.35. The van der Waals surface area contributed by atoms with E-state index in [2.05, 4.69) is 15.4 Å². The van der Waals surface area contributed by atoms with E-state index in [0.29, 0.717) is 41.1 Å². The zero-order valence-electron chi connectivity index (χ0n) is 17.3. The molecular weight excluding hydrogens is 466 g/mol. The molecule has 11 heteroatoms. The van der Waals surface area contributed by atoms with Crippen LogP contribution in [0.5, 0.6) is 0 Å². The van der Waals surface area contributed by atoms with Crippen molar-refractivity contribution < 1.29 is 13.2 Å². The third-order valence-corrected chi connectivity index (χ3v) is 9.74. The van der Waals surface area contributed by atoms with Crippen molar-refractivity contribution in [3.8, 4) is 5.13 Å². The second kappa shape index (κ2) is 8.39. The van der Waals surface area contributed by atoms with Crippen LogP contribution in [-0.4, -0.2) is 46.5 Å². The summed E-state index contributed by atoms with van der Waals surface area (Å²) in [6, 6.07) is 13.0. The van der Waals surface area contributed by atoms with E-state index in [1.54, 1.807) is 22.2 Å². The molecule has 3 aromatic heterocycles. The number of nitrogens with zero attached hydrogens (tertiary/aromatic N) is 4. The van der Waals surface area contributed by atoms with Gasteiger partial charge in [-0.15, -0.1) is 11.3 Å². The zero-order chi connectivity index (χ0) is 22.3. The molecule has 8 nitrogen and oxygen atoms in total. The van der Waals surface area contributed by atoms with Crippen LogP contribution in [0.25, 0.3) is 15.3 Å². The van der Waals surface area contributed by atoms with Gasteiger partial charge in [0.05, 0.1) is 15.9 Å². The summed E-state index contributed by atoms with van der Waals surface area (Å²) in [6.07, 6.45) is 0.954. The number of hydrogen-bond acceptors (Lipinski definition) is 7. The minimum absolute atomic E-state index is 0.125. The largest absolute Gasteiger partial charge is 0.310 e. The van der Waals surface area contributed by atoms with Gasteiger partial charge in [-0.1, -0.05) is 29.5 Å². The van der Waals surface area contributed by atoms with Crippen LogP contribution in [0.2, 0.25) is 0 Å². The average Bonchev–Trinajstić information content (AvgIpc) is 3.53. The molecule has 0 spiro atoms. The number of amides is 1. The van der Waals surface area contributed by atoms with Crippen molar-refractivity contribution in [3.05, 3.63) is 53.5 Å². The summed E-state index contributed by atoms with van der Waals surface area (Å²) >= 11 is 2.72. The molecule has 4 aromatic rings. The summed E-state index contributed by atoms with van der Waals surface area (Å²) in [5, 5.41) is 9.94.